The second kappa shape index (κ2) is 15.0. The molecular weight excluding hydrogens is 582 g/mol. The zero-order chi connectivity index (χ0) is 30.0. The third-order valence-corrected chi connectivity index (χ3v) is 7.78. The fourth-order valence-corrected chi connectivity index (χ4v) is 4.50. The van der Waals surface area contributed by atoms with Crippen LogP contribution in [0.5, 0.6) is 0 Å². The first-order chi connectivity index (χ1) is 19.4. The van der Waals surface area contributed by atoms with E-state index in [-0.39, 0.29) is 43.5 Å². The first kappa shape index (κ1) is 32.1. The summed E-state index contributed by atoms with van der Waals surface area (Å²) in [5.41, 5.74) is 0.481. The van der Waals surface area contributed by atoms with Crippen molar-refractivity contribution in [1.29, 1.82) is 0 Å². The van der Waals surface area contributed by atoms with E-state index < -0.39 is 39.9 Å². The molecule has 3 rings (SSSR count). The summed E-state index contributed by atoms with van der Waals surface area (Å²) in [5.74, 6) is -1.29. The number of hydrogen-bond donors (Lipinski definition) is 4. The Morgan fingerprint density at radius 3 is 2.66 bits per heavy atom. The van der Waals surface area contributed by atoms with E-state index in [1.54, 1.807) is 12.1 Å². The van der Waals surface area contributed by atoms with E-state index in [2.05, 4.69) is 25.7 Å². The van der Waals surface area contributed by atoms with Crippen molar-refractivity contribution >= 4 is 50.4 Å². The number of carbonyl (C=O) groups is 2. The van der Waals surface area contributed by atoms with Gasteiger partial charge >= 0.3 is 6.09 Å². The monoisotopic (exact) mass is 612 g/mol. The minimum Gasteiger partial charge on any atom is -0.447 e. The van der Waals surface area contributed by atoms with E-state index >= 15 is 0 Å². The van der Waals surface area contributed by atoms with Crippen LogP contribution in [0.4, 0.5) is 19.4 Å². The van der Waals surface area contributed by atoms with Crippen LogP contribution >= 0.6 is 11.6 Å². The summed E-state index contributed by atoms with van der Waals surface area (Å²) in [4.78, 5) is 29.1. The third-order valence-electron chi connectivity index (χ3n) is 5.82. The van der Waals surface area contributed by atoms with Gasteiger partial charge in [0.05, 0.1) is 17.6 Å². The van der Waals surface area contributed by atoms with Crippen LogP contribution in [-0.4, -0.2) is 69.5 Å². The van der Waals surface area contributed by atoms with Crippen LogP contribution in [0.3, 0.4) is 0 Å². The van der Waals surface area contributed by atoms with Crippen LogP contribution in [0.1, 0.15) is 18.4 Å². The molecule has 0 saturated heterocycles. The molecule has 3 aromatic rings. The Morgan fingerprint density at radius 1 is 1.12 bits per heavy atom. The Labute approximate surface area is 241 Å². The number of rotatable bonds is 14. The zero-order valence-corrected chi connectivity index (χ0v) is 24.0. The van der Waals surface area contributed by atoms with Gasteiger partial charge in [-0.1, -0.05) is 23.7 Å². The molecule has 222 valence electrons. The number of hydrogen-bond acceptors (Lipinski definition) is 7. The number of fused-ring (bicyclic) bond motifs is 1. The van der Waals surface area contributed by atoms with Gasteiger partial charge in [0, 0.05) is 38.8 Å². The summed E-state index contributed by atoms with van der Waals surface area (Å²) in [6.07, 6.45) is 1.23. The number of benzene rings is 2. The highest BCUT2D eigenvalue weighted by Gasteiger charge is 2.17. The van der Waals surface area contributed by atoms with E-state index in [4.69, 9.17) is 16.3 Å². The Kier molecular flexibility index (Phi) is 11.7. The number of amides is 2. The van der Waals surface area contributed by atoms with Gasteiger partial charge in [-0.05, 0) is 54.1 Å². The van der Waals surface area contributed by atoms with Crippen LogP contribution in [0.25, 0.3) is 10.8 Å². The summed E-state index contributed by atoms with van der Waals surface area (Å²) in [7, 11) is -0.837. The van der Waals surface area contributed by atoms with E-state index in [0.29, 0.717) is 22.8 Å². The topological polar surface area (TPSA) is 142 Å². The van der Waals surface area contributed by atoms with Gasteiger partial charge in [-0.3, -0.25) is 10.1 Å². The van der Waals surface area contributed by atoms with Crippen LogP contribution in [0.15, 0.2) is 48.7 Å². The molecule has 11 nitrogen and oxygen atoms in total. The van der Waals surface area contributed by atoms with Crippen molar-refractivity contribution in [3.05, 3.63) is 70.9 Å². The standard InChI is InChI=1S/C26H31ClF2N6O5S/c1-35(2)41(38,39)32-10-4-6-21(33-24(36)15-30-13-18-5-3-7-22(29)25(18)27)16-40-26(37)34-23-12-19-11-20(28)9-8-17(19)14-31-23/h3,5,7-9,11-12,14,21,30,32H,4,6,10,13,15-16H2,1-2H3,(H,33,36)(H,31,34,37)/t21-/m0/s1. The predicted octanol–water partition coefficient (Wildman–Crippen LogP) is 3.17. The molecule has 0 fully saturated rings. The van der Waals surface area contributed by atoms with Gasteiger partial charge in [-0.25, -0.2) is 23.3 Å². The Balaban J connectivity index is 1.55. The number of pyridine rings is 1. The van der Waals surface area contributed by atoms with Crippen LogP contribution in [0.2, 0.25) is 5.02 Å². The quantitative estimate of drug-likeness (QED) is 0.205. The molecule has 41 heavy (non-hydrogen) atoms. The van der Waals surface area contributed by atoms with Gasteiger partial charge in [0.15, 0.2) is 0 Å². The first-order valence-corrected chi connectivity index (χ1v) is 14.4. The lowest BCUT2D eigenvalue weighted by Gasteiger charge is -2.20. The van der Waals surface area contributed by atoms with E-state index in [0.717, 1.165) is 4.31 Å². The number of ether oxygens (including phenoxy) is 1. The van der Waals surface area contributed by atoms with E-state index in [1.807, 2.05) is 0 Å². The Hall–Kier alpha value is -3.43. The zero-order valence-electron chi connectivity index (χ0n) is 22.4. The van der Waals surface area contributed by atoms with Crippen molar-refractivity contribution in [2.75, 3.05) is 39.1 Å². The maximum atomic E-state index is 13.6. The number of halogens is 3. The largest absolute Gasteiger partial charge is 0.447 e. The molecule has 0 aliphatic heterocycles. The van der Waals surface area contributed by atoms with E-state index in [9.17, 15) is 26.8 Å². The molecule has 0 radical (unpaired) electrons. The number of nitrogens with zero attached hydrogens (tertiary/aromatic N) is 2. The first-order valence-electron chi connectivity index (χ1n) is 12.5. The summed E-state index contributed by atoms with van der Waals surface area (Å²) in [6.45, 7) is -0.133. The molecule has 0 bridgehead atoms. The maximum Gasteiger partial charge on any atom is 0.412 e. The smallest absolute Gasteiger partial charge is 0.412 e. The molecule has 2 amide bonds. The molecule has 0 aliphatic rings. The lowest BCUT2D eigenvalue weighted by atomic mass is 10.1. The molecule has 0 saturated carbocycles. The van der Waals surface area contributed by atoms with Crippen molar-refractivity contribution in [1.82, 2.24) is 24.6 Å². The fourth-order valence-electron chi connectivity index (χ4n) is 3.65. The minimum atomic E-state index is -3.62. The molecule has 4 N–H and O–H groups in total. The van der Waals surface area contributed by atoms with Gasteiger partial charge in [-0.2, -0.15) is 12.7 Å². The summed E-state index contributed by atoms with van der Waals surface area (Å²) >= 11 is 5.94. The lowest BCUT2D eigenvalue weighted by Crippen LogP contribution is -2.44. The van der Waals surface area contributed by atoms with Crippen molar-refractivity contribution in [2.24, 2.45) is 0 Å². The SMILES string of the molecule is CN(C)S(=O)(=O)NCCC[C@@H](COC(=O)Nc1cc2cc(F)ccc2cn1)NC(=O)CNCc1cccc(F)c1Cl. The van der Waals surface area contributed by atoms with Gasteiger partial charge in [-0.15, -0.1) is 0 Å². The highest BCUT2D eigenvalue weighted by atomic mass is 35.5. The highest BCUT2D eigenvalue weighted by Crippen LogP contribution is 2.19. The molecule has 1 aromatic heterocycles. The molecule has 0 spiro atoms. The molecule has 15 heteroatoms. The van der Waals surface area contributed by atoms with Gasteiger partial charge in [0.1, 0.15) is 24.1 Å². The van der Waals surface area contributed by atoms with Gasteiger partial charge in [0.2, 0.25) is 5.91 Å². The molecule has 0 aliphatic carbocycles. The average Bonchev–Trinajstić information content (AvgIpc) is 2.91. The van der Waals surface area contributed by atoms with Gasteiger partial charge < -0.3 is 15.4 Å². The summed E-state index contributed by atoms with van der Waals surface area (Å²) in [6, 6.07) is 9.37. The number of carbonyl (C=O) groups excluding carboxylic acids is 2. The van der Waals surface area contributed by atoms with Crippen LogP contribution in [0, 0.1) is 11.6 Å². The summed E-state index contributed by atoms with van der Waals surface area (Å²) < 4.78 is 59.7. The third kappa shape index (κ3) is 10.2. The molecule has 1 atom stereocenters. The fraction of sp³-hybridized carbons (Fsp3) is 0.346. The summed E-state index contributed by atoms with van der Waals surface area (Å²) in [5, 5.41) is 9.26. The van der Waals surface area contributed by atoms with Crippen molar-refractivity contribution in [3.8, 4) is 0 Å². The van der Waals surface area contributed by atoms with Crippen molar-refractivity contribution in [2.45, 2.75) is 25.4 Å². The normalized spacial score (nSPS) is 12.3. The average molecular weight is 613 g/mol. The second-order valence-corrected chi connectivity index (χ2v) is 11.5. The highest BCUT2D eigenvalue weighted by molar-refractivity contribution is 7.87. The van der Waals surface area contributed by atoms with Crippen LogP contribution < -0.4 is 20.7 Å². The molecule has 0 unspecified atom stereocenters. The van der Waals surface area contributed by atoms with Crippen molar-refractivity contribution in [3.63, 3.8) is 0 Å². The number of aromatic nitrogens is 1. The Morgan fingerprint density at radius 2 is 1.90 bits per heavy atom. The Bertz CT molecular complexity index is 1480. The van der Waals surface area contributed by atoms with Crippen molar-refractivity contribution < 1.29 is 31.5 Å². The predicted molar refractivity (Wildman–Crippen MR) is 152 cm³/mol. The van der Waals surface area contributed by atoms with E-state index in [1.165, 1.54) is 50.6 Å². The maximum absolute atomic E-state index is 13.6. The van der Waals surface area contributed by atoms with Gasteiger partial charge in [0.25, 0.3) is 10.2 Å². The molecule has 2 aromatic carbocycles. The lowest BCUT2D eigenvalue weighted by molar-refractivity contribution is -0.121. The molecule has 1 heterocycles. The number of anilines is 1. The van der Waals surface area contributed by atoms with Crippen LogP contribution in [-0.2, 0) is 26.3 Å². The second-order valence-electron chi connectivity index (χ2n) is 9.19. The minimum absolute atomic E-state index is 0.0380. The number of nitrogens with one attached hydrogen (secondary N) is 4. The molecular formula is C26H31ClF2N6O5S.